The van der Waals surface area contributed by atoms with Crippen LogP contribution >= 0.6 is 0 Å². The van der Waals surface area contributed by atoms with Crippen molar-refractivity contribution >= 4 is 5.97 Å². The number of allylic oxidation sites excluding steroid dienone is 3. The number of fused-ring (bicyclic) bond motifs is 2. The van der Waals surface area contributed by atoms with Crippen molar-refractivity contribution in [2.75, 3.05) is 0 Å². The molecule has 2 rings (SSSR count). The Morgan fingerprint density at radius 1 is 1.23 bits per heavy atom. The number of hydrogen-bond donors (Lipinski definition) is 3. The summed E-state index contributed by atoms with van der Waals surface area (Å²) >= 11 is 0. The van der Waals surface area contributed by atoms with Crippen LogP contribution in [0.1, 0.15) is 52.0 Å². The molecule has 3 N–H and O–H groups in total. The lowest BCUT2D eigenvalue weighted by molar-refractivity contribution is -0.132. The Labute approximate surface area is 154 Å². The fraction of sp³-hybridized carbons (Fsp3) is 0.476. The number of aromatic hydroxyl groups is 1. The van der Waals surface area contributed by atoms with Gasteiger partial charge in [0, 0.05) is 11.1 Å². The Morgan fingerprint density at radius 3 is 2.65 bits per heavy atom. The van der Waals surface area contributed by atoms with Crippen molar-refractivity contribution in [3.8, 4) is 11.5 Å². The molecule has 142 valence electrons. The van der Waals surface area contributed by atoms with Crippen molar-refractivity contribution < 1.29 is 24.9 Å². The zero-order chi connectivity index (χ0) is 19.3. The number of aliphatic hydroxyl groups is 1. The Balaban J connectivity index is 2.38. The SMILES string of the molecule is CC1=CCCC(C(=O)O)=CCc2cc(ccc2O)OC(C)(C)C(O)CC1. The van der Waals surface area contributed by atoms with E-state index < -0.39 is 17.7 Å². The van der Waals surface area contributed by atoms with Crippen LogP contribution in [0.2, 0.25) is 0 Å². The van der Waals surface area contributed by atoms with Gasteiger partial charge in [0.25, 0.3) is 0 Å². The maximum absolute atomic E-state index is 11.5. The Morgan fingerprint density at radius 2 is 1.96 bits per heavy atom. The van der Waals surface area contributed by atoms with E-state index >= 15 is 0 Å². The van der Waals surface area contributed by atoms with E-state index in [1.165, 1.54) is 6.07 Å². The van der Waals surface area contributed by atoms with Crippen LogP contribution in [0.4, 0.5) is 0 Å². The summed E-state index contributed by atoms with van der Waals surface area (Å²) in [5.74, 6) is -0.310. The van der Waals surface area contributed by atoms with Gasteiger partial charge in [-0.25, -0.2) is 4.79 Å². The third-order valence-electron chi connectivity index (χ3n) is 4.80. The summed E-state index contributed by atoms with van der Waals surface area (Å²) in [7, 11) is 0. The van der Waals surface area contributed by atoms with E-state index in [2.05, 4.69) is 0 Å². The normalized spacial score (nSPS) is 21.5. The van der Waals surface area contributed by atoms with Crippen molar-refractivity contribution in [2.45, 2.75) is 64.6 Å². The van der Waals surface area contributed by atoms with E-state index in [0.29, 0.717) is 42.6 Å². The monoisotopic (exact) mass is 360 g/mol. The number of hydrogen-bond acceptors (Lipinski definition) is 4. The second-order valence-corrected chi connectivity index (χ2v) is 7.38. The third-order valence-corrected chi connectivity index (χ3v) is 4.80. The minimum Gasteiger partial charge on any atom is -0.508 e. The van der Waals surface area contributed by atoms with Crippen LogP contribution in [0.25, 0.3) is 0 Å². The molecule has 1 atom stereocenters. The molecule has 0 radical (unpaired) electrons. The average molecular weight is 360 g/mol. The standard InChI is InChI=1S/C21H28O5/c1-14-5-4-6-15(20(24)25)8-9-16-13-17(10-11-18(16)22)26-21(2,3)19(23)12-7-14/h5,8,10-11,13,19,22-23H,4,6-7,9,12H2,1-3H3,(H,24,25). The molecular weight excluding hydrogens is 332 g/mol. The van der Waals surface area contributed by atoms with Crippen molar-refractivity contribution in [1.82, 2.24) is 0 Å². The summed E-state index contributed by atoms with van der Waals surface area (Å²) in [4.78, 5) is 11.5. The Kier molecular flexibility index (Phi) is 6.48. The molecule has 1 aromatic rings. The van der Waals surface area contributed by atoms with Crippen molar-refractivity contribution in [1.29, 1.82) is 0 Å². The lowest BCUT2D eigenvalue weighted by atomic mass is 9.95. The van der Waals surface area contributed by atoms with Gasteiger partial charge < -0.3 is 20.1 Å². The van der Waals surface area contributed by atoms with Gasteiger partial charge in [0.05, 0.1) is 6.10 Å². The van der Waals surface area contributed by atoms with Crippen molar-refractivity contribution in [3.05, 3.63) is 47.1 Å². The molecule has 1 heterocycles. The number of ether oxygens (including phenoxy) is 1. The van der Waals surface area contributed by atoms with E-state index in [-0.39, 0.29) is 5.75 Å². The van der Waals surface area contributed by atoms with Crippen LogP contribution in [-0.4, -0.2) is 33.0 Å². The number of carboxylic acids is 1. The highest BCUT2D eigenvalue weighted by atomic mass is 16.5. The number of aliphatic carboxylic acids is 1. The topological polar surface area (TPSA) is 87.0 Å². The molecule has 0 aliphatic carbocycles. The smallest absolute Gasteiger partial charge is 0.331 e. The number of phenolic OH excluding ortho intramolecular Hbond substituents is 1. The second kappa shape index (κ2) is 8.41. The zero-order valence-corrected chi connectivity index (χ0v) is 15.7. The lowest BCUT2D eigenvalue weighted by Crippen LogP contribution is -2.42. The number of carbonyl (C=O) groups is 1. The second-order valence-electron chi connectivity index (χ2n) is 7.38. The first-order valence-corrected chi connectivity index (χ1v) is 8.96. The first-order chi connectivity index (χ1) is 12.2. The number of carboxylic acid groups (broad SMARTS) is 1. The van der Waals surface area contributed by atoms with Gasteiger partial charge in [0.15, 0.2) is 0 Å². The molecule has 0 fully saturated rings. The average Bonchev–Trinajstić information content (AvgIpc) is 2.56. The first kappa shape index (κ1) is 20.0. The van der Waals surface area contributed by atoms with Crippen LogP contribution in [0.15, 0.2) is 41.5 Å². The van der Waals surface area contributed by atoms with Crippen LogP contribution in [-0.2, 0) is 11.2 Å². The van der Waals surface area contributed by atoms with Gasteiger partial charge in [0.2, 0.25) is 0 Å². The van der Waals surface area contributed by atoms with Crippen molar-refractivity contribution in [3.63, 3.8) is 0 Å². The molecule has 5 heteroatoms. The quantitative estimate of drug-likeness (QED) is 0.659. The molecule has 5 nitrogen and oxygen atoms in total. The molecule has 26 heavy (non-hydrogen) atoms. The predicted molar refractivity (Wildman–Crippen MR) is 100 cm³/mol. The molecule has 0 saturated heterocycles. The van der Waals surface area contributed by atoms with Crippen LogP contribution in [0.5, 0.6) is 11.5 Å². The molecule has 0 spiro atoms. The predicted octanol–water partition coefficient (Wildman–Crippen LogP) is 3.98. The van der Waals surface area contributed by atoms with Crippen LogP contribution in [0, 0.1) is 0 Å². The summed E-state index contributed by atoms with van der Waals surface area (Å²) in [6.45, 7) is 5.66. The summed E-state index contributed by atoms with van der Waals surface area (Å²) in [6.07, 6.45) is 5.65. The van der Waals surface area contributed by atoms with Gasteiger partial charge in [-0.05, 0) is 71.1 Å². The molecule has 1 aromatic carbocycles. The number of rotatable bonds is 1. The van der Waals surface area contributed by atoms with Gasteiger partial charge in [-0.3, -0.25) is 0 Å². The van der Waals surface area contributed by atoms with Crippen LogP contribution < -0.4 is 4.74 Å². The highest BCUT2D eigenvalue weighted by Crippen LogP contribution is 2.29. The van der Waals surface area contributed by atoms with Gasteiger partial charge in [-0.1, -0.05) is 17.7 Å². The van der Waals surface area contributed by atoms with Gasteiger partial charge in [-0.15, -0.1) is 0 Å². The van der Waals surface area contributed by atoms with E-state index in [1.54, 1.807) is 18.2 Å². The van der Waals surface area contributed by atoms with E-state index in [9.17, 15) is 20.1 Å². The molecule has 0 saturated carbocycles. The van der Waals surface area contributed by atoms with Gasteiger partial charge in [0.1, 0.15) is 17.1 Å². The summed E-state index contributed by atoms with van der Waals surface area (Å²) in [5.41, 5.74) is 1.26. The number of benzene rings is 1. The maximum Gasteiger partial charge on any atom is 0.331 e. The molecule has 1 aliphatic heterocycles. The summed E-state index contributed by atoms with van der Waals surface area (Å²) in [6, 6.07) is 4.88. The summed E-state index contributed by atoms with van der Waals surface area (Å²) in [5, 5.41) is 30.0. The fourth-order valence-corrected chi connectivity index (χ4v) is 2.98. The highest BCUT2D eigenvalue weighted by molar-refractivity contribution is 5.86. The van der Waals surface area contributed by atoms with Crippen LogP contribution in [0.3, 0.4) is 0 Å². The van der Waals surface area contributed by atoms with E-state index in [1.807, 2.05) is 26.8 Å². The van der Waals surface area contributed by atoms with Crippen molar-refractivity contribution in [2.24, 2.45) is 0 Å². The molecular formula is C21H28O5. The number of phenols is 1. The third kappa shape index (κ3) is 5.36. The Bertz CT molecular complexity index is 715. The molecule has 1 unspecified atom stereocenters. The fourth-order valence-electron chi connectivity index (χ4n) is 2.98. The molecule has 0 aromatic heterocycles. The Hall–Kier alpha value is -2.27. The lowest BCUT2D eigenvalue weighted by Gasteiger charge is -2.32. The summed E-state index contributed by atoms with van der Waals surface area (Å²) < 4.78 is 5.98. The zero-order valence-electron chi connectivity index (χ0n) is 15.7. The number of aliphatic hydroxyl groups excluding tert-OH is 1. The maximum atomic E-state index is 11.5. The molecule has 1 aliphatic rings. The minimum atomic E-state index is -0.941. The minimum absolute atomic E-state index is 0.0942. The molecule has 0 amide bonds. The van der Waals surface area contributed by atoms with Gasteiger partial charge in [-0.2, -0.15) is 0 Å². The van der Waals surface area contributed by atoms with E-state index in [0.717, 1.165) is 12.0 Å². The van der Waals surface area contributed by atoms with Gasteiger partial charge >= 0.3 is 5.97 Å². The van der Waals surface area contributed by atoms with E-state index in [4.69, 9.17) is 4.74 Å². The highest BCUT2D eigenvalue weighted by Gasteiger charge is 2.30. The first-order valence-electron chi connectivity index (χ1n) is 8.96. The largest absolute Gasteiger partial charge is 0.508 e. The molecule has 2 bridgehead atoms.